The molecule has 1 aromatic heterocycles. The molecule has 1 amide bonds. The fraction of sp³-hybridized carbons (Fsp3) is 0.710. The zero-order valence-electron chi connectivity index (χ0n) is 25.1. The molecule has 1 saturated heterocycles. The number of imidazole rings is 1. The fourth-order valence-electron chi connectivity index (χ4n) is 4.72. The van der Waals surface area contributed by atoms with Crippen LogP contribution < -0.4 is 0 Å². The number of hydrogen-bond donors (Lipinski definition) is 0. The number of amides is 1. The molecule has 1 aromatic carbocycles. The number of likely N-dealkylation sites (tertiary alicyclic amines) is 1. The number of piperidine rings is 1. The minimum Gasteiger partial charge on any atom is -0.469 e. The van der Waals surface area contributed by atoms with E-state index in [0.29, 0.717) is 23.2 Å². The van der Waals surface area contributed by atoms with E-state index in [2.05, 4.69) is 51.4 Å². The first-order valence-corrected chi connectivity index (χ1v) is 14.8. The van der Waals surface area contributed by atoms with Gasteiger partial charge in [-0.25, -0.2) is 4.98 Å². The number of nitrogens with zero attached hydrogens (tertiary/aromatic N) is 4. The Labute approximate surface area is 230 Å². The van der Waals surface area contributed by atoms with Crippen LogP contribution in [-0.2, 0) is 22.5 Å². The van der Waals surface area contributed by atoms with Gasteiger partial charge < -0.3 is 19.1 Å². The van der Waals surface area contributed by atoms with Gasteiger partial charge in [0.2, 0.25) is 0 Å². The van der Waals surface area contributed by atoms with Crippen molar-refractivity contribution >= 4 is 22.9 Å². The van der Waals surface area contributed by atoms with E-state index in [1.54, 1.807) is 0 Å². The quantitative estimate of drug-likeness (QED) is 0.307. The van der Waals surface area contributed by atoms with Crippen LogP contribution in [-0.4, -0.2) is 71.1 Å². The van der Waals surface area contributed by atoms with Crippen molar-refractivity contribution in [2.75, 3.05) is 39.8 Å². The van der Waals surface area contributed by atoms with E-state index in [1.807, 2.05) is 27.7 Å². The van der Waals surface area contributed by atoms with Crippen LogP contribution in [0.3, 0.4) is 0 Å². The number of carbonyl (C=O) groups excluding carboxylic acids is 2. The van der Waals surface area contributed by atoms with Crippen LogP contribution in [0, 0.1) is 11.8 Å². The van der Waals surface area contributed by atoms with Crippen LogP contribution in [0.25, 0.3) is 11.0 Å². The highest BCUT2D eigenvalue weighted by molar-refractivity contribution is 5.97. The Morgan fingerprint density at radius 2 is 1.63 bits per heavy atom. The van der Waals surface area contributed by atoms with Crippen LogP contribution in [0.5, 0.6) is 0 Å². The number of fused-ring (bicyclic) bond motifs is 1. The van der Waals surface area contributed by atoms with Gasteiger partial charge >= 0.3 is 5.97 Å². The predicted molar refractivity (Wildman–Crippen MR) is 157 cm³/mol. The summed E-state index contributed by atoms with van der Waals surface area (Å²) in [5, 5.41) is 0. The smallest absolute Gasteiger partial charge is 0.313 e. The third kappa shape index (κ3) is 10.0. The maximum atomic E-state index is 13.3. The lowest BCUT2D eigenvalue weighted by Crippen LogP contribution is -2.34. The molecule has 0 bridgehead atoms. The molecule has 0 atom stereocenters. The average Bonchev–Trinajstić information content (AvgIpc) is 3.24. The van der Waals surface area contributed by atoms with Gasteiger partial charge in [0.1, 0.15) is 12.2 Å². The molecule has 0 spiro atoms. The number of benzene rings is 1. The van der Waals surface area contributed by atoms with Crippen LogP contribution in [0.4, 0.5) is 0 Å². The van der Waals surface area contributed by atoms with E-state index in [4.69, 9.17) is 4.74 Å². The number of carbonyl (C=O) groups is 2. The minimum absolute atomic E-state index is 0.0666. The summed E-state index contributed by atoms with van der Waals surface area (Å²) < 4.78 is 6.85. The molecule has 3 rings (SSSR count). The molecule has 0 radical (unpaired) electrons. The zero-order chi connectivity index (χ0) is 28.1. The Bertz CT molecular complexity index is 980. The molecule has 7 nitrogen and oxygen atoms in total. The number of esters is 1. The van der Waals surface area contributed by atoms with Gasteiger partial charge in [-0.15, -0.1) is 0 Å². The molecule has 1 fully saturated rings. The van der Waals surface area contributed by atoms with Crippen LogP contribution in [0.1, 0.15) is 96.2 Å². The number of aromatic nitrogens is 2. The van der Waals surface area contributed by atoms with Crippen molar-refractivity contribution in [1.29, 1.82) is 0 Å². The van der Waals surface area contributed by atoms with Gasteiger partial charge in [-0.3, -0.25) is 9.59 Å². The molecule has 0 unspecified atom stereocenters. The maximum Gasteiger partial charge on any atom is 0.313 e. The summed E-state index contributed by atoms with van der Waals surface area (Å²) in [5.41, 5.74) is 2.38. The number of rotatable bonds is 12. The van der Waals surface area contributed by atoms with Crippen molar-refractivity contribution in [3.05, 3.63) is 29.6 Å². The van der Waals surface area contributed by atoms with Crippen LogP contribution in [0.2, 0.25) is 0 Å². The molecule has 2 heterocycles. The van der Waals surface area contributed by atoms with Gasteiger partial charge in [0, 0.05) is 25.2 Å². The Morgan fingerprint density at radius 3 is 2.13 bits per heavy atom. The monoisotopic (exact) mass is 528 g/mol. The lowest BCUT2D eigenvalue weighted by atomic mass is 10.1. The van der Waals surface area contributed by atoms with Crippen LogP contribution >= 0.6 is 0 Å². The van der Waals surface area contributed by atoms with Crippen molar-refractivity contribution in [3.8, 4) is 0 Å². The molecule has 214 valence electrons. The summed E-state index contributed by atoms with van der Waals surface area (Å²) in [7, 11) is 1.38. The van der Waals surface area contributed by atoms with E-state index in [9.17, 15) is 9.59 Å². The van der Waals surface area contributed by atoms with E-state index < -0.39 is 0 Å². The lowest BCUT2D eigenvalue weighted by Gasteiger charge is -2.24. The third-order valence-electron chi connectivity index (χ3n) is 7.19. The van der Waals surface area contributed by atoms with Gasteiger partial charge in [0.25, 0.3) is 5.91 Å². The first-order valence-electron chi connectivity index (χ1n) is 14.8. The number of ether oxygens (including phenoxy) is 1. The van der Waals surface area contributed by atoms with Crippen molar-refractivity contribution in [1.82, 2.24) is 19.4 Å². The van der Waals surface area contributed by atoms with Crippen molar-refractivity contribution in [3.63, 3.8) is 0 Å². The summed E-state index contributed by atoms with van der Waals surface area (Å²) >= 11 is 0. The third-order valence-corrected chi connectivity index (χ3v) is 7.19. The summed E-state index contributed by atoms with van der Waals surface area (Å²) in [6, 6.07) is 5.67. The zero-order valence-corrected chi connectivity index (χ0v) is 25.1. The molecule has 2 aromatic rings. The molecule has 0 saturated carbocycles. The van der Waals surface area contributed by atoms with Crippen molar-refractivity contribution in [2.24, 2.45) is 11.8 Å². The Balaban J connectivity index is 0.000000538. The van der Waals surface area contributed by atoms with Gasteiger partial charge in [-0.1, -0.05) is 48.0 Å². The van der Waals surface area contributed by atoms with Gasteiger partial charge in [0.15, 0.2) is 0 Å². The molecular formula is C31H52N4O3. The summed E-state index contributed by atoms with van der Waals surface area (Å²) in [6.45, 7) is 19.3. The second-order valence-corrected chi connectivity index (χ2v) is 11.3. The van der Waals surface area contributed by atoms with E-state index in [0.717, 1.165) is 49.9 Å². The number of methoxy groups -OCH3 is 1. The maximum absolute atomic E-state index is 13.3. The largest absolute Gasteiger partial charge is 0.469 e. The highest BCUT2D eigenvalue weighted by Crippen LogP contribution is 2.21. The molecular weight excluding hydrogens is 476 g/mol. The minimum atomic E-state index is -0.312. The summed E-state index contributed by atoms with van der Waals surface area (Å²) in [5.74, 6) is 1.53. The molecule has 38 heavy (non-hydrogen) atoms. The topological polar surface area (TPSA) is 67.7 Å². The molecule has 0 N–H and O–H groups in total. The number of hydrogen-bond acceptors (Lipinski definition) is 5. The lowest BCUT2D eigenvalue weighted by molar-refractivity contribution is -0.139. The van der Waals surface area contributed by atoms with Crippen molar-refractivity contribution in [2.45, 2.75) is 93.0 Å². The van der Waals surface area contributed by atoms with Crippen molar-refractivity contribution < 1.29 is 14.3 Å². The van der Waals surface area contributed by atoms with E-state index >= 15 is 0 Å². The second-order valence-electron chi connectivity index (χ2n) is 11.3. The number of aryl methyl sites for hydroxylation is 1. The SMILES string of the molecule is CCCn1c(CC(=O)OC)nc2ccc(C(=O)N(CCC(C)C)CCC(C)C)cc21.CCN1CCCCC1. The highest BCUT2D eigenvalue weighted by atomic mass is 16.5. The van der Waals surface area contributed by atoms with Crippen LogP contribution in [0.15, 0.2) is 18.2 Å². The Kier molecular flexibility index (Phi) is 13.8. The predicted octanol–water partition coefficient (Wildman–Crippen LogP) is 6.19. The highest BCUT2D eigenvalue weighted by Gasteiger charge is 2.20. The van der Waals surface area contributed by atoms with E-state index in [-0.39, 0.29) is 18.3 Å². The average molecular weight is 529 g/mol. The molecule has 0 aliphatic carbocycles. The first kappa shape index (κ1) is 31.8. The molecule has 7 heteroatoms. The Hall–Kier alpha value is -2.41. The first-order chi connectivity index (χ1) is 18.2. The standard InChI is InChI=1S/C24H37N3O3.C7H15N/c1-7-12-27-21-15-19(8-9-20(21)25-22(27)16-23(28)30-6)24(29)26(13-10-17(2)3)14-11-18(4)5;1-2-8-6-4-3-5-7-8/h8-9,15,17-18H,7,10-14,16H2,1-6H3;2-7H2,1H3. The molecule has 1 aliphatic heterocycles. The second kappa shape index (κ2) is 16.5. The van der Waals surface area contributed by atoms with Gasteiger partial charge in [-0.05, 0) is 81.8 Å². The fourth-order valence-corrected chi connectivity index (χ4v) is 4.72. The Morgan fingerprint density at radius 1 is 1.00 bits per heavy atom. The van der Waals surface area contributed by atoms with Gasteiger partial charge in [-0.2, -0.15) is 0 Å². The van der Waals surface area contributed by atoms with Gasteiger partial charge in [0.05, 0.1) is 18.1 Å². The molecule has 1 aliphatic rings. The normalized spacial score (nSPS) is 14.0. The van der Waals surface area contributed by atoms with E-state index in [1.165, 1.54) is 46.0 Å². The summed E-state index contributed by atoms with van der Waals surface area (Å²) in [4.78, 5) is 34.3. The summed E-state index contributed by atoms with van der Waals surface area (Å²) in [6.07, 6.45) is 7.32.